The number of hydrogen-bond acceptors (Lipinski definition) is 0. The smallest absolute Gasteiger partial charge is 2.00 e. The van der Waals surface area contributed by atoms with Crippen molar-refractivity contribution in [1.29, 1.82) is 0 Å². The van der Waals surface area contributed by atoms with Crippen LogP contribution in [0.15, 0.2) is 0 Å². The zero-order chi connectivity index (χ0) is 0. The fraction of sp³-hybridized carbons (Fsp3) is 0. The maximum Gasteiger partial charge on any atom is 3.00 e. The standard InChI is InChI=1S/3O.V.Y.Yb/q3*-2;;2*+3. The van der Waals surface area contributed by atoms with Gasteiger partial charge in [-0.25, -0.2) is 0 Å². The molecule has 0 heterocycles. The summed E-state index contributed by atoms with van der Waals surface area (Å²) in [6.45, 7) is 0. The molecule has 0 rings (SSSR count). The van der Waals surface area contributed by atoms with Gasteiger partial charge in [0.2, 0.25) is 0 Å². The molecule has 0 spiro atoms. The SMILES string of the molecule is [O-2].[O-2].[O-2].[V].[Y+3].[Yb+3]. The van der Waals surface area contributed by atoms with Crippen LogP contribution in [0.3, 0.4) is 0 Å². The van der Waals surface area contributed by atoms with E-state index < -0.39 is 0 Å². The quantitative estimate of drug-likeness (QED) is 0.565. The van der Waals surface area contributed by atoms with Gasteiger partial charge in [0.1, 0.15) is 0 Å². The Morgan fingerprint density at radius 1 is 0.667 bits per heavy atom. The van der Waals surface area contributed by atoms with Crippen molar-refractivity contribution in [2.45, 2.75) is 0 Å². The Morgan fingerprint density at radius 2 is 0.667 bits per heavy atom. The molecule has 0 fully saturated rings. The van der Waals surface area contributed by atoms with Crippen LogP contribution >= 0.6 is 0 Å². The van der Waals surface area contributed by atoms with Gasteiger partial charge < -0.3 is 16.4 Å². The zero-order valence-electron chi connectivity index (χ0n) is 2.52. The van der Waals surface area contributed by atoms with Gasteiger partial charge in [0.25, 0.3) is 0 Å². The van der Waals surface area contributed by atoms with Crippen LogP contribution in [0.4, 0.5) is 0 Å². The van der Waals surface area contributed by atoms with E-state index in [1.54, 1.807) is 0 Å². The van der Waals surface area contributed by atoms with E-state index in [2.05, 4.69) is 0 Å². The Kier molecular flexibility index (Phi) is 443. The van der Waals surface area contributed by atoms with E-state index in [4.69, 9.17) is 0 Å². The molecule has 0 aromatic heterocycles. The summed E-state index contributed by atoms with van der Waals surface area (Å²) in [7, 11) is 0. The predicted molar refractivity (Wildman–Crippen MR) is 2.06 cm³/mol. The molecule has 0 aliphatic heterocycles. The van der Waals surface area contributed by atoms with Crippen molar-refractivity contribution in [1.82, 2.24) is 0 Å². The van der Waals surface area contributed by atoms with Gasteiger partial charge in [-0.3, -0.25) is 0 Å². The molecule has 0 saturated carbocycles. The maximum atomic E-state index is 0. The summed E-state index contributed by atoms with van der Waals surface area (Å²) in [5, 5.41) is 0. The number of rotatable bonds is 0. The molecule has 0 aliphatic carbocycles. The van der Waals surface area contributed by atoms with E-state index in [0.29, 0.717) is 0 Å². The first kappa shape index (κ1) is 62.3. The largest absolute Gasteiger partial charge is 3.00 e. The molecule has 6 heteroatoms. The van der Waals surface area contributed by atoms with Crippen molar-refractivity contribution in [3.63, 3.8) is 0 Å². The van der Waals surface area contributed by atoms with E-state index in [9.17, 15) is 0 Å². The molecule has 0 saturated heterocycles. The third-order valence-electron chi connectivity index (χ3n) is 0. The second-order valence-electron chi connectivity index (χ2n) is 0. The Morgan fingerprint density at radius 3 is 0.667 bits per heavy atom. The van der Waals surface area contributed by atoms with Crippen molar-refractivity contribution in [3.05, 3.63) is 0 Å². The van der Waals surface area contributed by atoms with E-state index in [1.165, 1.54) is 0 Å². The van der Waals surface area contributed by atoms with Gasteiger partial charge in [0.15, 0.2) is 0 Å². The average Bonchev–Trinajstić information content (AvgIpc) is 0. The van der Waals surface area contributed by atoms with Crippen molar-refractivity contribution in [2.24, 2.45) is 0 Å². The van der Waals surface area contributed by atoms with Crippen LogP contribution in [0, 0.1) is 46.9 Å². The molecule has 0 atom stereocenters. The molecular formula is O3VYYb. The van der Waals surface area contributed by atoms with Crippen molar-refractivity contribution in [3.8, 4) is 0 Å². The molecule has 2 radical (unpaired) electrons. The van der Waals surface area contributed by atoms with Gasteiger partial charge in [-0.2, -0.15) is 0 Å². The molecular weight excluding hydrogens is 361 g/mol. The van der Waals surface area contributed by atoms with E-state index in [1.807, 2.05) is 0 Å². The topological polar surface area (TPSA) is 85.5 Å². The molecule has 0 aromatic carbocycles. The van der Waals surface area contributed by atoms with E-state index >= 15 is 0 Å². The predicted octanol–water partition coefficient (Wildman–Crippen LogP) is -0.361. The van der Waals surface area contributed by atoms with Crippen LogP contribution < -0.4 is 0 Å². The second-order valence-corrected chi connectivity index (χ2v) is 0. The normalized spacial score (nSPS) is 0. The van der Waals surface area contributed by atoms with Gasteiger partial charge in [-0.15, -0.1) is 0 Å². The van der Waals surface area contributed by atoms with Crippen molar-refractivity contribution < 1.29 is 115 Å². The summed E-state index contributed by atoms with van der Waals surface area (Å²) in [5.41, 5.74) is 0. The second kappa shape index (κ2) is 42.6. The van der Waals surface area contributed by atoms with E-state index in [0.717, 1.165) is 0 Å². The Hall–Kier alpha value is 3.09. The monoisotopic (exact) mass is 362 g/mol. The van der Waals surface area contributed by atoms with Crippen LogP contribution in [0.2, 0.25) is 0 Å². The van der Waals surface area contributed by atoms with Crippen LogP contribution in [0.25, 0.3) is 0 Å². The Balaban J connectivity index is 0. The molecule has 40 valence electrons. The fourth-order valence-corrected chi connectivity index (χ4v) is 0. The molecule has 0 aliphatic rings. The Labute approximate surface area is 112 Å². The fourth-order valence-electron chi connectivity index (χ4n) is 0. The summed E-state index contributed by atoms with van der Waals surface area (Å²) < 4.78 is 0. The third-order valence-corrected chi connectivity index (χ3v) is 0. The van der Waals surface area contributed by atoms with E-state index in [-0.39, 0.29) is 115 Å². The molecule has 0 unspecified atom stereocenters. The van der Waals surface area contributed by atoms with Crippen LogP contribution in [0.5, 0.6) is 0 Å². The third kappa shape index (κ3) is 27.6. The minimum atomic E-state index is 0. The summed E-state index contributed by atoms with van der Waals surface area (Å²) in [6.07, 6.45) is 0. The van der Waals surface area contributed by atoms with Gasteiger partial charge in [0, 0.05) is 18.6 Å². The Bertz CT molecular complexity index is 10.8. The molecule has 6 heavy (non-hydrogen) atoms. The average molecular weight is 361 g/mol. The van der Waals surface area contributed by atoms with Gasteiger partial charge in [-0.05, 0) is 0 Å². The summed E-state index contributed by atoms with van der Waals surface area (Å²) in [4.78, 5) is 0. The van der Waals surface area contributed by atoms with Gasteiger partial charge in [0.05, 0.1) is 0 Å². The molecule has 0 amide bonds. The van der Waals surface area contributed by atoms with Crippen LogP contribution in [-0.2, 0) is 67.7 Å². The number of hydrogen-bond donors (Lipinski definition) is 0. The minimum Gasteiger partial charge on any atom is -2.00 e. The first-order valence-corrected chi connectivity index (χ1v) is 0. The first-order valence-electron chi connectivity index (χ1n) is 0. The molecule has 3 nitrogen and oxygen atoms in total. The van der Waals surface area contributed by atoms with Crippen molar-refractivity contribution in [2.75, 3.05) is 0 Å². The molecule has 0 aromatic rings. The first-order chi connectivity index (χ1) is 0. The van der Waals surface area contributed by atoms with Crippen LogP contribution in [0.1, 0.15) is 0 Å². The summed E-state index contributed by atoms with van der Waals surface area (Å²) in [5.74, 6) is 0. The van der Waals surface area contributed by atoms with Crippen LogP contribution in [-0.4, -0.2) is 0 Å². The summed E-state index contributed by atoms with van der Waals surface area (Å²) in [6, 6.07) is 0. The molecule has 0 N–H and O–H groups in total. The summed E-state index contributed by atoms with van der Waals surface area (Å²) >= 11 is 0. The minimum absolute atomic E-state index is 0. The maximum absolute atomic E-state index is 0. The van der Waals surface area contributed by atoms with Crippen molar-refractivity contribution >= 4 is 0 Å². The van der Waals surface area contributed by atoms with Gasteiger partial charge in [-0.1, -0.05) is 0 Å². The molecule has 0 bridgehead atoms. The van der Waals surface area contributed by atoms with Gasteiger partial charge >= 0.3 is 79.6 Å². The zero-order valence-corrected chi connectivity index (χ0v) is 8.47.